The highest BCUT2D eigenvalue weighted by atomic mass is 19.4. The number of ketones is 2. The van der Waals surface area contributed by atoms with Gasteiger partial charge in [0, 0.05) is 5.56 Å². The number of hydrogen-bond acceptors (Lipinski definition) is 2. The fraction of sp³-hybridized carbons (Fsp3) is 0.429. The van der Waals surface area contributed by atoms with Crippen LogP contribution in [0.1, 0.15) is 36.2 Å². The molecule has 5 heteroatoms. The SMILES string of the molecule is CC(C)Cc1ccc(C(=O)CC(=O)C(F)(F)F)cc1. The molecule has 0 aliphatic heterocycles. The van der Waals surface area contributed by atoms with Crippen LogP contribution < -0.4 is 0 Å². The molecule has 0 unspecified atom stereocenters. The van der Waals surface area contributed by atoms with E-state index in [0.717, 1.165) is 12.0 Å². The predicted molar refractivity (Wildman–Crippen MR) is 65.0 cm³/mol. The Morgan fingerprint density at radius 2 is 1.63 bits per heavy atom. The number of alkyl halides is 3. The van der Waals surface area contributed by atoms with Gasteiger partial charge in [0.1, 0.15) is 0 Å². The van der Waals surface area contributed by atoms with Crippen molar-refractivity contribution < 1.29 is 22.8 Å². The molecule has 2 nitrogen and oxygen atoms in total. The third-order valence-electron chi connectivity index (χ3n) is 2.56. The number of hydrogen-bond donors (Lipinski definition) is 0. The zero-order chi connectivity index (χ0) is 14.6. The maximum Gasteiger partial charge on any atom is 0.450 e. The summed E-state index contributed by atoms with van der Waals surface area (Å²) in [6.45, 7) is 4.09. The molecule has 19 heavy (non-hydrogen) atoms. The summed E-state index contributed by atoms with van der Waals surface area (Å²) < 4.78 is 36.1. The van der Waals surface area contributed by atoms with Crippen LogP contribution in [0.15, 0.2) is 24.3 Å². The zero-order valence-electron chi connectivity index (χ0n) is 10.8. The first-order chi connectivity index (χ1) is 8.70. The minimum atomic E-state index is -4.95. The van der Waals surface area contributed by atoms with E-state index in [9.17, 15) is 22.8 Å². The molecular formula is C14H15F3O2. The predicted octanol–water partition coefficient (Wildman–Crippen LogP) is 3.59. The molecule has 0 heterocycles. The molecule has 0 saturated carbocycles. The molecule has 0 amide bonds. The summed E-state index contributed by atoms with van der Waals surface area (Å²) in [4.78, 5) is 22.2. The number of Topliss-reactive ketones (excluding diaryl/α,β-unsaturated/α-hetero) is 2. The molecule has 1 aromatic rings. The fourth-order valence-corrected chi connectivity index (χ4v) is 1.65. The first-order valence-electron chi connectivity index (χ1n) is 5.92. The fourth-order valence-electron chi connectivity index (χ4n) is 1.65. The first-order valence-corrected chi connectivity index (χ1v) is 5.92. The molecule has 0 saturated heterocycles. The zero-order valence-corrected chi connectivity index (χ0v) is 10.8. The van der Waals surface area contributed by atoms with E-state index in [4.69, 9.17) is 0 Å². The minimum absolute atomic E-state index is 0.130. The molecule has 0 aliphatic carbocycles. The van der Waals surface area contributed by atoms with Crippen molar-refractivity contribution in [2.45, 2.75) is 32.9 Å². The van der Waals surface area contributed by atoms with Crippen molar-refractivity contribution in [2.75, 3.05) is 0 Å². The van der Waals surface area contributed by atoms with Gasteiger partial charge >= 0.3 is 6.18 Å². The summed E-state index contributed by atoms with van der Waals surface area (Å²) in [5.74, 6) is -2.37. The third kappa shape index (κ3) is 4.85. The van der Waals surface area contributed by atoms with Crippen LogP contribution >= 0.6 is 0 Å². The molecule has 1 aromatic carbocycles. The van der Waals surface area contributed by atoms with E-state index in [1.807, 2.05) is 13.8 Å². The van der Waals surface area contributed by atoms with Gasteiger partial charge in [0.05, 0.1) is 6.42 Å². The summed E-state index contributed by atoms with van der Waals surface area (Å²) in [7, 11) is 0. The highest BCUT2D eigenvalue weighted by Gasteiger charge is 2.39. The Balaban J connectivity index is 2.71. The number of carbonyl (C=O) groups is 2. The molecule has 0 fully saturated rings. The smallest absolute Gasteiger partial charge is 0.294 e. The highest BCUT2D eigenvalue weighted by molar-refractivity contribution is 6.09. The van der Waals surface area contributed by atoms with Gasteiger partial charge in [-0.05, 0) is 17.9 Å². The standard InChI is InChI=1S/C14H15F3O2/c1-9(2)7-10-3-5-11(6-4-10)12(18)8-13(19)14(15,16)17/h3-6,9H,7-8H2,1-2H3. The molecule has 0 aromatic heterocycles. The molecule has 0 bridgehead atoms. The van der Waals surface area contributed by atoms with Crippen LogP contribution in [0.3, 0.4) is 0 Å². The number of benzene rings is 1. The molecule has 104 valence electrons. The summed E-state index contributed by atoms with van der Waals surface area (Å²) in [5, 5.41) is 0. The Hall–Kier alpha value is -1.65. The lowest BCUT2D eigenvalue weighted by molar-refractivity contribution is -0.170. The van der Waals surface area contributed by atoms with E-state index >= 15 is 0 Å². The second-order valence-electron chi connectivity index (χ2n) is 4.82. The third-order valence-corrected chi connectivity index (χ3v) is 2.56. The summed E-state index contributed by atoms with van der Waals surface area (Å²) >= 11 is 0. The van der Waals surface area contributed by atoms with Crippen LogP contribution in [-0.2, 0) is 11.2 Å². The second-order valence-corrected chi connectivity index (χ2v) is 4.82. The Labute approximate surface area is 109 Å². The lowest BCUT2D eigenvalue weighted by Gasteiger charge is -2.07. The van der Waals surface area contributed by atoms with Gasteiger partial charge in [-0.25, -0.2) is 0 Å². The van der Waals surface area contributed by atoms with Gasteiger partial charge in [-0.3, -0.25) is 9.59 Å². The molecule has 0 radical (unpaired) electrons. The van der Waals surface area contributed by atoms with E-state index in [0.29, 0.717) is 5.92 Å². The Bertz CT molecular complexity index is 459. The Morgan fingerprint density at radius 3 is 2.05 bits per heavy atom. The van der Waals surface area contributed by atoms with Crippen LogP contribution in [0.5, 0.6) is 0 Å². The van der Waals surface area contributed by atoms with Gasteiger partial charge in [0.2, 0.25) is 5.78 Å². The average Bonchev–Trinajstić information content (AvgIpc) is 2.27. The van der Waals surface area contributed by atoms with Crippen molar-refractivity contribution in [2.24, 2.45) is 5.92 Å². The van der Waals surface area contributed by atoms with Crippen LogP contribution in [0.4, 0.5) is 13.2 Å². The van der Waals surface area contributed by atoms with Crippen LogP contribution in [0, 0.1) is 5.92 Å². The van der Waals surface area contributed by atoms with Crippen LogP contribution in [0.2, 0.25) is 0 Å². The van der Waals surface area contributed by atoms with E-state index in [1.165, 1.54) is 12.1 Å². The van der Waals surface area contributed by atoms with Crippen molar-refractivity contribution in [3.63, 3.8) is 0 Å². The lowest BCUT2D eigenvalue weighted by atomic mass is 9.99. The number of carbonyl (C=O) groups excluding carboxylic acids is 2. The Kier molecular flexibility index (Phi) is 4.86. The lowest BCUT2D eigenvalue weighted by Crippen LogP contribution is -2.25. The minimum Gasteiger partial charge on any atom is -0.294 e. The highest BCUT2D eigenvalue weighted by Crippen LogP contribution is 2.19. The molecule has 0 aliphatic rings. The molecule has 0 spiro atoms. The summed E-state index contributed by atoms with van der Waals surface area (Å²) in [6.07, 6.45) is -5.25. The van der Waals surface area contributed by atoms with Crippen molar-refractivity contribution in [3.8, 4) is 0 Å². The maximum atomic E-state index is 12.0. The van der Waals surface area contributed by atoms with Gasteiger partial charge in [0.15, 0.2) is 5.78 Å². The monoisotopic (exact) mass is 272 g/mol. The largest absolute Gasteiger partial charge is 0.450 e. The van der Waals surface area contributed by atoms with Gasteiger partial charge in [-0.1, -0.05) is 38.1 Å². The second kappa shape index (κ2) is 5.99. The van der Waals surface area contributed by atoms with Gasteiger partial charge in [-0.15, -0.1) is 0 Å². The normalized spacial score (nSPS) is 11.7. The summed E-state index contributed by atoms with van der Waals surface area (Å²) in [5.41, 5.74) is 1.14. The Morgan fingerprint density at radius 1 is 1.11 bits per heavy atom. The quantitative estimate of drug-likeness (QED) is 0.606. The van der Waals surface area contributed by atoms with E-state index in [2.05, 4.69) is 0 Å². The topological polar surface area (TPSA) is 34.1 Å². The average molecular weight is 272 g/mol. The number of rotatable bonds is 5. The van der Waals surface area contributed by atoms with Crippen molar-refractivity contribution in [1.82, 2.24) is 0 Å². The number of halogens is 3. The first kappa shape index (κ1) is 15.4. The van der Waals surface area contributed by atoms with Crippen molar-refractivity contribution in [1.29, 1.82) is 0 Å². The summed E-state index contributed by atoms with van der Waals surface area (Å²) in [6, 6.07) is 6.32. The van der Waals surface area contributed by atoms with Crippen LogP contribution in [0.25, 0.3) is 0 Å². The molecule has 0 N–H and O–H groups in total. The van der Waals surface area contributed by atoms with E-state index < -0.39 is 24.2 Å². The molecule has 1 rings (SSSR count). The maximum absolute atomic E-state index is 12.0. The van der Waals surface area contributed by atoms with Gasteiger partial charge in [-0.2, -0.15) is 13.2 Å². The van der Waals surface area contributed by atoms with Crippen molar-refractivity contribution >= 4 is 11.6 Å². The molecular weight excluding hydrogens is 257 g/mol. The molecule has 0 atom stereocenters. The van der Waals surface area contributed by atoms with E-state index in [1.54, 1.807) is 12.1 Å². The van der Waals surface area contributed by atoms with E-state index in [-0.39, 0.29) is 5.56 Å². The van der Waals surface area contributed by atoms with Gasteiger partial charge < -0.3 is 0 Å². The van der Waals surface area contributed by atoms with Crippen molar-refractivity contribution in [3.05, 3.63) is 35.4 Å². The van der Waals surface area contributed by atoms with Gasteiger partial charge in [0.25, 0.3) is 0 Å². The van der Waals surface area contributed by atoms with Crippen LogP contribution in [-0.4, -0.2) is 17.7 Å².